The largest absolute Gasteiger partial charge is 0.324 e. The second kappa shape index (κ2) is 7.24. The summed E-state index contributed by atoms with van der Waals surface area (Å²) in [5.41, 5.74) is 1.46. The molecule has 0 spiro atoms. The summed E-state index contributed by atoms with van der Waals surface area (Å²) in [5.74, 6) is 1.95. The zero-order valence-corrected chi connectivity index (χ0v) is 16.5. The van der Waals surface area contributed by atoms with Crippen LogP contribution < -0.4 is 10.2 Å². The van der Waals surface area contributed by atoms with Crippen LogP contribution in [0.15, 0.2) is 29.4 Å². The Morgan fingerprint density at radius 3 is 2.71 bits per heavy atom. The number of benzene rings is 1. The van der Waals surface area contributed by atoms with Crippen LogP contribution in [0.5, 0.6) is 0 Å². The van der Waals surface area contributed by atoms with Gasteiger partial charge in [0.2, 0.25) is 11.8 Å². The third-order valence-corrected chi connectivity index (χ3v) is 6.36. The third-order valence-electron chi connectivity index (χ3n) is 5.42. The molecule has 1 N–H and O–H groups in total. The summed E-state index contributed by atoms with van der Waals surface area (Å²) in [6, 6.07) is 8.01. The van der Waals surface area contributed by atoms with Crippen LogP contribution >= 0.6 is 11.8 Å². The van der Waals surface area contributed by atoms with Crippen molar-refractivity contribution in [1.29, 1.82) is 0 Å². The summed E-state index contributed by atoms with van der Waals surface area (Å²) < 4.78 is 2.26. The summed E-state index contributed by atoms with van der Waals surface area (Å²) in [4.78, 5) is 26.4. The first kappa shape index (κ1) is 17.7. The van der Waals surface area contributed by atoms with E-state index in [9.17, 15) is 9.59 Å². The molecule has 3 aliphatic rings. The standard InChI is InChI=1S/C20H23N5O2S/c26-17(21-15-4-1-2-5-16(15)24-11-3-6-18(24)27)12-28-20-23-22-19(13-7-8-13)25(20)14-9-10-14/h1-2,4-5,13-14H,3,6-12H2,(H,21,26). The van der Waals surface area contributed by atoms with Crippen LogP contribution in [0.1, 0.15) is 56.3 Å². The predicted molar refractivity (Wildman–Crippen MR) is 108 cm³/mol. The van der Waals surface area contributed by atoms with Crippen molar-refractivity contribution in [3.05, 3.63) is 30.1 Å². The number of para-hydroxylation sites is 2. The molecule has 2 aliphatic carbocycles. The van der Waals surface area contributed by atoms with Crippen molar-refractivity contribution in [3.63, 3.8) is 0 Å². The van der Waals surface area contributed by atoms with Gasteiger partial charge < -0.3 is 14.8 Å². The molecule has 0 atom stereocenters. The van der Waals surface area contributed by atoms with Crippen LogP contribution in [-0.4, -0.2) is 38.9 Å². The molecule has 1 aromatic carbocycles. The van der Waals surface area contributed by atoms with Gasteiger partial charge in [0.15, 0.2) is 5.16 Å². The lowest BCUT2D eigenvalue weighted by Crippen LogP contribution is -2.26. The van der Waals surface area contributed by atoms with Gasteiger partial charge in [0.25, 0.3) is 0 Å². The smallest absolute Gasteiger partial charge is 0.234 e. The first-order valence-corrected chi connectivity index (χ1v) is 11.0. The zero-order chi connectivity index (χ0) is 19.1. The second-order valence-electron chi connectivity index (χ2n) is 7.72. The van der Waals surface area contributed by atoms with E-state index in [-0.39, 0.29) is 17.6 Å². The number of aromatic nitrogens is 3. The molecule has 146 valence electrons. The fraction of sp³-hybridized carbons (Fsp3) is 0.500. The molecule has 2 saturated carbocycles. The van der Waals surface area contributed by atoms with E-state index < -0.39 is 0 Å². The Labute approximate surface area is 167 Å². The molecule has 0 unspecified atom stereocenters. The van der Waals surface area contributed by atoms with Crippen LogP contribution in [0.3, 0.4) is 0 Å². The quantitative estimate of drug-likeness (QED) is 0.725. The molecule has 0 bridgehead atoms. The average Bonchev–Trinajstić information content (AvgIpc) is 3.63. The predicted octanol–water partition coefficient (Wildman–Crippen LogP) is 3.35. The number of hydrogen-bond acceptors (Lipinski definition) is 5. The molecular formula is C20H23N5O2S. The van der Waals surface area contributed by atoms with Gasteiger partial charge in [0, 0.05) is 24.9 Å². The van der Waals surface area contributed by atoms with Crippen molar-refractivity contribution in [1.82, 2.24) is 14.8 Å². The molecule has 5 rings (SSSR count). The first-order valence-electron chi connectivity index (χ1n) is 9.97. The molecule has 2 amide bonds. The number of anilines is 2. The zero-order valence-electron chi connectivity index (χ0n) is 15.6. The lowest BCUT2D eigenvalue weighted by Gasteiger charge is -2.19. The number of nitrogens with one attached hydrogen (secondary N) is 1. The Hall–Kier alpha value is -2.35. The van der Waals surface area contributed by atoms with Crippen molar-refractivity contribution < 1.29 is 9.59 Å². The number of carbonyl (C=O) groups is 2. The monoisotopic (exact) mass is 397 g/mol. The van der Waals surface area contributed by atoms with Crippen molar-refractivity contribution in [2.45, 2.75) is 55.6 Å². The van der Waals surface area contributed by atoms with Crippen LogP contribution in [0.4, 0.5) is 11.4 Å². The SMILES string of the molecule is O=C(CSc1nnc(C2CC2)n1C1CC1)Nc1ccccc1N1CCCC1=O. The van der Waals surface area contributed by atoms with Gasteiger partial charge in [-0.3, -0.25) is 9.59 Å². The highest BCUT2D eigenvalue weighted by molar-refractivity contribution is 7.99. The summed E-state index contributed by atoms with van der Waals surface area (Å²) in [6.07, 6.45) is 6.17. The van der Waals surface area contributed by atoms with Gasteiger partial charge in [-0.05, 0) is 44.2 Å². The maximum absolute atomic E-state index is 12.6. The van der Waals surface area contributed by atoms with E-state index in [4.69, 9.17) is 0 Å². The minimum Gasteiger partial charge on any atom is -0.324 e. The molecule has 3 fully saturated rings. The highest BCUT2D eigenvalue weighted by Crippen LogP contribution is 2.46. The number of nitrogens with zero attached hydrogens (tertiary/aromatic N) is 4. The van der Waals surface area contributed by atoms with Gasteiger partial charge in [0.1, 0.15) is 5.82 Å². The van der Waals surface area contributed by atoms with E-state index in [2.05, 4.69) is 20.1 Å². The summed E-state index contributed by atoms with van der Waals surface area (Å²) in [5, 5.41) is 12.6. The van der Waals surface area contributed by atoms with Gasteiger partial charge in [-0.2, -0.15) is 0 Å². The third kappa shape index (κ3) is 3.53. The highest BCUT2D eigenvalue weighted by atomic mass is 32.2. The summed E-state index contributed by atoms with van der Waals surface area (Å²) in [7, 11) is 0. The second-order valence-corrected chi connectivity index (χ2v) is 8.66. The minimum atomic E-state index is -0.0950. The lowest BCUT2D eigenvalue weighted by atomic mass is 10.2. The van der Waals surface area contributed by atoms with Crippen LogP contribution in [0.25, 0.3) is 0 Å². The molecule has 2 aromatic rings. The van der Waals surface area contributed by atoms with Gasteiger partial charge in [-0.15, -0.1) is 10.2 Å². The van der Waals surface area contributed by atoms with E-state index in [1.54, 1.807) is 4.90 Å². The van der Waals surface area contributed by atoms with Gasteiger partial charge >= 0.3 is 0 Å². The molecule has 1 aromatic heterocycles. The van der Waals surface area contributed by atoms with Gasteiger partial charge in [0.05, 0.1) is 17.1 Å². The lowest BCUT2D eigenvalue weighted by molar-refractivity contribution is -0.117. The Balaban J connectivity index is 1.26. The van der Waals surface area contributed by atoms with Gasteiger partial charge in [-0.25, -0.2) is 0 Å². The van der Waals surface area contributed by atoms with Crippen molar-refractivity contribution in [2.24, 2.45) is 0 Å². The fourth-order valence-electron chi connectivity index (χ4n) is 3.72. The highest BCUT2D eigenvalue weighted by Gasteiger charge is 2.36. The van der Waals surface area contributed by atoms with Crippen LogP contribution in [0, 0.1) is 0 Å². The maximum atomic E-state index is 12.6. The number of rotatable bonds is 7. The molecule has 0 radical (unpaired) electrons. The van der Waals surface area contributed by atoms with Crippen molar-refractivity contribution in [2.75, 3.05) is 22.5 Å². The first-order chi connectivity index (χ1) is 13.7. The van der Waals surface area contributed by atoms with Crippen molar-refractivity contribution in [3.8, 4) is 0 Å². The van der Waals surface area contributed by atoms with Crippen LogP contribution in [0.2, 0.25) is 0 Å². The molecule has 1 saturated heterocycles. The van der Waals surface area contributed by atoms with E-state index in [0.717, 1.165) is 23.1 Å². The minimum absolute atomic E-state index is 0.0950. The Morgan fingerprint density at radius 2 is 2.00 bits per heavy atom. The maximum Gasteiger partial charge on any atom is 0.234 e. The topological polar surface area (TPSA) is 80.1 Å². The average molecular weight is 398 g/mol. The normalized spacial score (nSPS) is 19.3. The molecule has 2 heterocycles. The van der Waals surface area contributed by atoms with Crippen LogP contribution in [-0.2, 0) is 9.59 Å². The number of thioether (sulfide) groups is 1. The molecule has 1 aliphatic heterocycles. The summed E-state index contributed by atoms with van der Waals surface area (Å²) in [6.45, 7) is 0.703. The molecule has 7 nitrogen and oxygen atoms in total. The Morgan fingerprint density at radius 1 is 1.18 bits per heavy atom. The fourth-order valence-corrected chi connectivity index (χ4v) is 4.53. The Bertz CT molecular complexity index is 919. The number of carbonyl (C=O) groups excluding carboxylic acids is 2. The number of amides is 2. The Kier molecular flexibility index (Phi) is 4.58. The van der Waals surface area contributed by atoms with Crippen molar-refractivity contribution >= 4 is 35.0 Å². The molecule has 8 heteroatoms. The van der Waals surface area contributed by atoms with Gasteiger partial charge in [-0.1, -0.05) is 23.9 Å². The number of hydrogen-bond donors (Lipinski definition) is 1. The summed E-state index contributed by atoms with van der Waals surface area (Å²) >= 11 is 1.44. The van der Waals surface area contributed by atoms with E-state index in [1.165, 1.54) is 37.4 Å². The van der Waals surface area contributed by atoms with E-state index in [0.29, 0.717) is 30.6 Å². The molecule has 28 heavy (non-hydrogen) atoms. The van der Waals surface area contributed by atoms with E-state index >= 15 is 0 Å². The molecular weight excluding hydrogens is 374 g/mol. The van der Waals surface area contributed by atoms with E-state index in [1.807, 2.05) is 24.3 Å².